The Morgan fingerprint density at radius 2 is 1.82 bits per heavy atom. The SMILES string of the molecule is CCOC(=O)N1CCN(S(=O)(=O)c2ccc(OC)c(C(=O)NC(C)C)c2)CC1. The maximum Gasteiger partial charge on any atom is 0.409 e. The van der Waals surface area contributed by atoms with Crippen molar-refractivity contribution >= 4 is 22.0 Å². The lowest BCUT2D eigenvalue weighted by atomic mass is 10.2. The van der Waals surface area contributed by atoms with Crippen molar-refractivity contribution in [1.82, 2.24) is 14.5 Å². The number of nitrogens with one attached hydrogen (secondary N) is 1. The number of piperazine rings is 1. The Morgan fingerprint density at radius 1 is 1.18 bits per heavy atom. The first-order chi connectivity index (χ1) is 13.2. The third-order valence-electron chi connectivity index (χ3n) is 4.24. The lowest BCUT2D eigenvalue weighted by Crippen LogP contribution is -2.50. The van der Waals surface area contributed by atoms with Gasteiger partial charge in [0.2, 0.25) is 10.0 Å². The molecule has 0 aliphatic carbocycles. The van der Waals surface area contributed by atoms with E-state index in [1.165, 1.54) is 34.5 Å². The van der Waals surface area contributed by atoms with Gasteiger partial charge in [0, 0.05) is 32.2 Å². The van der Waals surface area contributed by atoms with Crippen molar-refractivity contribution in [3.8, 4) is 5.75 Å². The molecule has 0 saturated carbocycles. The van der Waals surface area contributed by atoms with E-state index in [0.29, 0.717) is 5.75 Å². The quantitative estimate of drug-likeness (QED) is 0.754. The Labute approximate surface area is 165 Å². The summed E-state index contributed by atoms with van der Waals surface area (Å²) in [4.78, 5) is 25.7. The van der Waals surface area contributed by atoms with Crippen molar-refractivity contribution in [3.63, 3.8) is 0 Å². The molecule has 0 unspecified atom stereocenters. The number of nitrogens with zero attached hydrogens (tertiary/aromatic N) is 2. The van der Waals surface area contributed by atoms with Gasteiger partial charge >= 0.3 is 6.09 Å². The van der Waals surface area contributed by atoms with E-state index in [2.05, 4.69) is 5.32 Å². The summed E-state index contributed by atoms with van der Waals surface area (Å²) < 4.78 is 37.5. The van der Waals surface area contributed by atoms with Crippen molar-refractivity contribution in [1.29, 1.82) is 0 Å². The van der Waals surface area contributed by atoms with E-state index in [-0.39, 0.29) is 49.3 Å². The molecule has 1 aliphatic heterocycles. The van der Waals surface area contributed by atoms with Gasteiger partial charge in [-0.25, -0.2) is 13.2 Å². The zero-order valence-corrected chi connectivity index (χ0v) is 17.4. The van der Waals surface area contributed by atoms with Crippen molar-refractivity contribution < 1.29 is 27.5 Å². The number of carbonyl (C=O) groups excluding carboxylic acids is 2. The highest BCUT2D eigenvalue weighted by atomic mass is 32.2. The monoisotopic (exact) mass is 413 g/mol. The molecule has 0 spiro atoms. The van der Waals surface area contributed by atoms with Crippen LogP contribution < -0.4 is 10.1 Å². The van der Waals surface area contributed by atoms with Crippen LogP contribution in [-0.2, 0) is 14.8 Å². The highest BCUT2D eigenvalue weighted by Gasteiger charge is 2.31. The van der Waals surface area contributed by atoms with E-state index in [1.54, 1.807) is 6.92 Å². The Hall–Kier alpha value is -2.33. The van der Waals surface area contributed by atoms with Gasteiger partial charge in [0.15, 0.2) is 0 Å². The van der Waals surface area contributed by atoms with Crippen molar-refractivity contribution in [2.45, 2.75) is 31.7 Å². The van der Waals surface area contributed by atoms with Crippen LogP contribution in [0.4, 0.5) is 4.79 Å². The third kappa shape index (κ3) is 4.93. The van der Waals surface area contributed by atoms with Crippen molar-refractivity contribution in [3.05, 3.63) is 23.8 Å². The molecule has 2 rings (SSSR count). The molecule has 1 fully saturated rings. The van der Waals surface area contributed by atoms with Crippen molar-refractivity contribution in [2.75, 3.05) is 39.9 Å². The van der Waals surface area contributed by atoms with Gasteiger partial charge < -0.3 is 19.7 Å². The van der Waals surface area contributed by atoms with E-state index in [1.807, 2.05) is 13.8 Å². The van der Waals surface area contributed by atoms with E-state index < -0.39 is 22.0 Å². The second-order valence-electron chi connectivity index (χ2n) is 6.58. The summed E-state index contributed by atoms with van der Waals surface area (Å²) >= 11 is 0. The zero-order chi connectivity index (χ0) is 20.9. The molecule has 9 nitrogen and oxygen atoms in total. The molecule has 1 aromatic rings. The van der Waals surface area contributed by atoms with Gasteiger partial charge in [-0.1, -0.05) is 0 Å². The van der Waals surface area contributed by atoms with E-state index in [9.17, 15) is 18.0 Å². The summed E-state index contributed by atoms with van der Waals surface area (Å²) in [5.41, 5.74) is 0.155. The molecule has 2 amide bonds. The van der Waals surface area contributed by atoms with Gasteiger partial charge in [-0.3, -0.25) is 4.79 Å². The van der Waals surface area contributed by atoms with Crippen LogP contribution in [0.2, 0.25) is 0 Å². The molecule has 28 heavy (non-hydrogen) atoms. The number of hydrogen-bond acceptors (Lipinski definition) is 6. The Balaban J connectivity index is 2.22. The van der Waals surface area contributed by atoms with E-state index in [0.717, 1.165) is 0 Å². The summed E-state index contributed by atoms with van der Waals surface area (Å²) in [7, 11) is -2.39. The molecule has 0 aromatic heterocycles. The Morgan fingerprint density at radius 3 is 2.36 bits per heavy atom. The van der Waals surface area contributed by atoms with Crippen LogP contribution >= 0.6 is 0 Å². The summed E-state index contributed by atoms with van der Waals surface area (Å²) in [5, 5.41) is 2.74. The largest absolute Gasteiger partial charge is 0.496 e. The van der Waals surface area contributed by atoms with Crippen LogP contribution in [0.3, 0.4) is 0 Å². The van der Waals surface area contributed by atoms with Gasteiger partial charge in [-0.2, -0.15) is 4.31 Å². The maximum absolute atomic E-state index is 13.0. The van der Waals surface area contributed by atoms with Crippen LogP contribution in [0, 0.1) is 0 Å². The molecule has 0 atom stereocenters. The number of carbonyl (C=O) groups is 2. The molecule has 10 heteroatoms. The predicted octanol–water partition coefficient (Wildman–Crippen LogP) is 1.30. The minimum atomic E-state index is -3.81. The minimum absolute atomic E-state index is 0.00629. The molecule has 1 saturated heterocycles. The van der Waals surface area contributed by atoms with Crippen LogP contribution in [0.5, 0.6) is 5.75 Å². The van der Waals surface area contributed by atoms with Gasteiger partial charge in [-0.05, 0) is 39.0 Å². The lowest BCUT2D eigenvalue weighted by molar-refractivity contribution is 0.0927. The number of ether oxygens (including phenoxy) is 2. The van der Waals surface area contributed by atoms with Crippen LogP contribution in [0.25, 0.3) is 0 Å². The fraction of sp³-hybridized carbons (Fsp3) is 0.556. The molecule has 0 radical (unpaired) electrons. The summed E-state index contributed by atoms with van der Waals surface area (Å²) in [5.74, 6) is -0.111. The number of methoxy groups -OCH3 is 1. The molecule has 1 aromatic carbocycles. The number of rotatable bonds is 6. The summed E-state index contributed by atoms with van der Waals surface area (Å²) in [6.45, 7) is 6.41. The summed E-state index contributed by atoms with van der Waals surface area (Å²) in [6, 6.07) is 4.10. The first-order valence-electron chi connectivity index (χ1n) is 9.11. The normalized spacial score (nSPS) is 15.4. The van der Waals surface area contributed by atoms with Gasteiger partial charge in [0.25, 0.3) is 5.91 Å². The average Bonchev–Trinajstić information content (AvgIpc) is 2.67. The average molecular weight is 413 g/mol. The molecule has 1 heterocycles. The van der Waals surface area contributed by atoms with Gasteiger partial charge in [0.05, 0.1) is 24.2 Å². The second kappa shape index (κ2) is 9.24. The van der Waals surface area contributed by atoms with E-state index in [4.69, 9.17) is 9.47 Å². The first kappa shape index (κ1) is 22.0. The molecule has 0 bridgehead atoms. The molecular formula is C18H27N3O6S. The second-order valence-corrected chi connectivity index (χ2v) is 8.52. The third-order valence-corrected chi connectivity index (χ3v) is 6.13. The summed E-state index contributed by atoms with van der Waals surface area (Å²) in [6.07, 6.45) is -0.448. The number of amides is 2. The topological polar surface area (TPSA) is 105 Å². The minimum Gasteiger partial charge on any atom is -0.496 e. The first-order valence-corrected chi connectivity index (χ1v) is 10.6. The zero-order valence-electron chi connectivity index (χ0n) is 16.6. The molecular weight excluding hydrogens is 386 g/mol. The number of sulfonamides is 1. The molecule has 156 valence electrons. The maximum atomic E-state index is 13.0. The fourth-order valence-corrected chi connectivity index (χ4v) is 4.29. The smallest absolute Gasteiger partial charge is 0.409 e. The number of hydrogen-bond donors (Lipinski definition) is 1. The van der Waals surface area contributed by atoms with Crippen LogP contribution in [-0.4, -0.2) is 75.6 Å². The Kier molecular flexibility index (Phi) is 7.25. The highest BCUT2D eigenvalue weighted by molar-refractivity contribution is 7.89. The lowest BCUT2D eigenvalue weighted by Gasteiger charge is -2.33. The Bertz CT molecular complexity index is 817. The number of benzene rings is 1. The highest BCUT2D eigenvalue weighted by Crippen LogP contribution is 2.25. The molecule has 1 aliphatic rings. The standard InChI is InChI=1S/C18H27N3O6S/c1-5-27-18(23)20-8-10-21(11-9-20)28(24,25)14-6-7-16(26-4)15(12-14)17(22)19-13(2)3/h6-7,12-13H,5,8-11H2,1-4H3,(H,19,22). The van der Waals surface area contributed by atoms with Crippen LogP contribution in [0.1, 0.15) is 31.1 Å². The van der Waals surface area contributed by atoms with Gasteiger partial charge in [-0.15, -0.1) is 0 Å². The van der Waals surface area contributed by atoms with Crippen molar-refractivity contribution in [2.24, 2.45) is 0 Å². The van der Waals surface area contributed by atoms with Crippen LogP contribution in [0.15, 0.2) is 23.1 Å². The van der Waals surface area contributed by atoms with Gasteiger partial charge in [0.1, 0.15) is 5.75 Å². The molecule has 1 N–H and O–H groups in total. The predicted molar refractivity (Wildman–Crippen MR) is 103 cm³/mol. The van der Waals surface area contributed by atoms with E-state index >= 15 is 0 Å². The fourth-order valence-electron chi connectivity index (χ4n) is 2.84.